The third kappa shape index (κ3) is 6.38. The zero-order chi connectivity index (χ0) is 11.0. The van der Waals surface area contributed by atoms with E-state index in [-0.39, 0.29) is 6.61 Å². The van der Waals surface area contributed by atoms with Crippen LogP contribution in [0.15, 0.2) is 0 Å². The van der Waals surface area contributed by atoms with Crippen LogP contribution in [0.5, 0.6) is 0 Å². The minimum absolute atomic E-state index is 0.0573. The van der Waals surface area contributed by atoms with Crippen LogP contribution in [0.3, 0.4) is 0 Å². The molecule has 0 aliphatic carbocycles. The number of carboxylic acids is 1. The van der Waals surface area contributed by atoms with Gasteiger partial charge in [-0.05, 0) is 0 Å². The monoisotopic (exact) mass is 205 g/mol. The quantitative estimate of drug-likeness (QED) is 0.533. The van der Waals surface area contributed by atoms with Crippen molar-refractivity contribution in [1.29, 1.82) is 0 Å². The lowest BCUT2D eigenvalue weighted by Gasteiger charge is -2.13. The second-order valence-electron chi connectivity index (χ2n) is 2.66. The van der Waals surface area contributed by atoms with Crippen molar-refractivity contribution < 1.29 is 24.2 Å². The summed E-state index contributed by atoms with van der Waals surface area (Å²) in [7, 11) is 1.52. The third-order valence-electron chi connectivity index (χ3n) is 1.39. The molecule has 0 aliphatic heterocycles. The lowest BCUT2D eigenvalue weighted by atomic mass is 10.3. The van der Waals surface area contributed by atoms with Crippen molar-refractivity contribution in [2.45, 2.75) is 13.0 Å². The fourth-order valence-corrected chi connectivity index (χ4v) is 0.763. The van der Waals surface area contributed by atoms with Gasteiger partial charge in [0.15, 0.2) is 6.04 Å². The van der Waals surface area contributed by atoms with Crippen molar-refractivity contribution in [3.8, 4) is 0 Å². The molecule has 1 unspecified atom stereocenters. The van der Waals surface area contributed by atoms with Gasteiger partial charge in [-0.1, -0.05) is 0 Å². The molecule has 14 heavy (non-hydrogen) atoms. The number of carbonyl (C=O) groups excluding carboxylic acids is 1. The second-order valence-corrected chi connectivity index (χ2v) is 2.66. The van der Waals surface area contributed by atoms with Crippen LogP contribution in [0.4, 0.5) is 0 Å². The van der Waals surface area contributed by atoms with Crippen LogP contribution in [-0.4, -0.2) is 50.0 Å². The van der Waals surface area contributed by atoms with Crippen LogP contribution in [0.1, 0.15) is 6.92 Å². The van der Waals surface area contributed by atoms with E-state index in [0.29, 0.717) is 13.2 Å². The number of carbonyl (C=O) groups is 2. The fraction of sp³-hybridized carbons (Fsp3) is 0.750. The maximum Gasteiger partial charge on any atom is 0.328 e. The van der Waals surface area contributed by atoms with Crippen molar-refractivity contribution in [3.63, 3.8) is 0 Å². The van der Waals surface area contributed by atoms with E-state index in [2.05, 4.69) is 5.32 Å². The summed E-state index contributed by atoms with van der Waals surface area (Å²) in [6.45, 7) is 1.90. The predicted molar refractivity (Wildman–Crippen MR) is 47.9 cm³/mol. The topological polar surface area (TPSA) is 84.9 Å². The Labute approximate surface area is 82.2 Å². The van der Waals surface area contributed by atoms with Crippen molar-refractivity contribution in [3.05, 3.63) is 0 Å². The highest BCUT2D eigenvalue weighted by atomic mass is 16.5. The average molecular weight is 205 g/mol. The van der Waals surface area contributed by atoms with Crippen LogP contribution >= 0.6 is 0 Å². The molecule has 0 aromatic heterocycles. The van der Waals surface area contributed by atoms with Crippen LogP contribution < -0.4 is 5.32 Å². The van der Waals surface area contributed by atoms with Gasteiger partial charge in [-0.25, -0.2) is 4.79 Å². The van der Waals surface area contributed by atoms with Crippen molar-refractivity contribution >= 4 is 11.9 Å². The number of methoxy groups -OCH3 is 1. The molecule has 2 N–H and O–H groups in total. The highest BCUT2D eigenvalue weighted by molar-refractivity contribution is 5.82. The van der Waals surface area contributed by atoms with E-state index >= 15 is 0 Å². The van der Waals surface area contributed by atoms with Crippen LogP contribution in [0.2, 0.25) is 0 Å². The minimum Gasteiger partial charge on any atom is -0.480 e. The van der Waals surface area contributed by atoms with E-state index in [1.807, 2.05) is 0 Å². The maximum atomic E-state index is 10.6. The van der Waals surface area contributed by atoms with Gasteiger partial charge >= 0.3 is 5.97 Å². The first kappa shape index (κ1) is 12.9. The predicted octanol–water partition coefficient (Wildman–Crippen LogP) is -0.761. The van der Waals surface area contributed by atoms with E-state index in [1.54, 1.807) is 0 Å². The molecular formula is C8H15NO5. The first-order valence-corrected chi connectivity index (χ1v) is 4.14. The van der Waals surface area contributed by atoms with Gasteiger partial charge in [-0.2, -0.15) is 0 Å². The van der Waals surface area contributed by atoms with Gasteiger partial charge in [0.25, 0.3) is 0 Å². The molecule has 1 amide bonds. The molecule has 82 valence electrons. The smallest absolute Gasteiger partial charge is 0.328 e. The Bertz CT molecular complexity index is 194. The Kier molecular flexibility index (Phi) is 6.69. The molecular weight excluding hydrogens is 190 g/mol. The Hall–Kier alpha value is -1.14. The van der Waals surface area contributed by atoms with Gasteiger partial charge in [0.2, 0.25) is 5.91 Å². The summed E-state index contributed by atoms with van der Waals surface area (Å²) in [6, 6.07) is -0.996. The van der Waals surface area contributed by atoms with Gasteiger partial charge in [0.05, 0.1) is 19.8 Å². The molecule has 0 aromatic rings. The molecule has 0 aromatic carbocycles. The lowest BCUT2D eigenvalue weighted by Crippen LogP contribution is -2.43. The van der Waals surface area contributed by atoms with Crippen LogP contribution in [0, 0.1) is 0 Å². The van der Waals surface area contributed by atoms with E-state index in [4.69, 9.17) is 14.6 Å². The van der Waals surface area contributed by atoms with Crippen LogP contribution in [0.25, 0.3) is 0 Å². The molecule has 0 heterocycles. The molecule has 0 spiro atoms. The molecule has 0 rings (SSSR count). The molecule has 0 fully saturated rings. The van der Waals surface area contributed by atoms with Crippen molar-refractivity contribution in [2.24, 2.45) is 0 Å². The number of nitrogens with one attached hydrogen (secondary N) is 1. The molecule has 1 atom stereocenters. The van der Waals surface area contributed by atoms with Gasteiger partial charge < -0.3 is 19.9 Å². The summed E-state index contributed by atoms with van der Waals surface area (Å²) in [5, 5.41) is 10.9. The number of rotatable bonds is 7. The summed E-state index contributed by atoms with van der Waals surface area (Å²) >= 11 is 0. The fourth-order valence-electron chi connectivity index (χ4n) is 0.763. The number of hydrogen-bond acceptors (Lipinski definition) is 4. The van der Waals surface area contributed by atoms with E-state index in [1.165, 1.54) is 14.0 Å². The normalized spacial score (nSPS) is 12.1. The van der Waals surface area contributed by atoms with Gasteiger partial charge in [-0.3, -0.25) is 4.79 Å². The first-order chi connectivity index (χ1) is 6.57. The Morgan fingerprint density at radius 2 is 2.07 bits per heavy atom. The molecule has 0 saturated heterocycles. The third-order valence-corrected chi connectivity index (χ3v) is 1.39. The van der Waals surface area contributed by atoms with E-state index in [0.717, 1.165) is 0 Å². The van der Waals surface area contributed by atoms with Gasteiger partial charge in [0.1, 0.15) is 0 Å². The highest BCUT2D eigenvalue weighted by Gasteiger charge is 2.17. The molecule has 0 bridgehead atoms. The highest BCUT2D eigenvalue weighted by Crippen LogP contribution is 1.87. The Morgan fingerprint density at radius 3 is 2.50 bits per heavy atom. The van der Waals surface area contributed by atoms with Crippen LogP contribution in [-0.2, 0) is 19.1 Å². The maximum absolute atomic E-state index is 10.6. The summed E-state index contributed by atoms with van der Waals surface area (Å²) in [6.07, 6.45) is 0. The summed E-state index contributed by atoms with van der Waals surface area (Å²) < 4.78 is 9.68. The number of hydrogen-bond donors (Lipinski definition) is 2. The van der Waals surface area contributed by atoms with Crippen molar-refractivity contribution in [2.75, 3.05) is 26.9 Å². The SMILES string of the molecule is COCCOCC(NC(C)=O)C(=O)O. The summed E-state index contributed by atoms with van der Waals surface area (Å²) in [4.78, 5) is 21.2. The zero-order valence-electron chi connectivity index (χ0n) is 8.28. The average Bonchev–Trinajstić information content (AvgIpc) is 2.09. The number of amides is 1. The number of carboxylic acid groups (broad SMARTS) is 1. The molecule has 0 saturated carbocycles. The number of ether oxygens (including phenoxy) is 2. The Morgan fingerprint density at radius 1 is 1.43 bits per heavy atom. The van der Waals surface area contributed by atoms with Gasteiger partial charge in [0, 0.05) is 14.0 Å². The summed E-state index contributed by atoms with van der Waals surface area (Å²) in [5.74, 6) is -1.51. The largest absolute Gasteiger partial charge is 0.480 e. The van der Waals surface area contributed by atoms with Crippen molar-refractivity contribution in [1.82, 2.24) is 5.32 Å². The zero-order valence-corrected chi connectivity index (χ0v) is 8.28. The van der Waals surface area contributed by atoms with E-state index < -0.39 is 17.9 Å². The standard InChI is InChI=1S/C8H15NO5/c1-6(10)9-7(8(11)12)5-14-4-3-13-2/h7H,3-5H2,1-2H3,(H,9,10)(H,11,12). The molecule has 6 heteroatoms. The minimum atomic E-state index is -1.11. The number of aliphatic carboxylic acids is 1. The molecule has 0 radical (unpaired) electrons. The lowest BCUT2D eigenvalue weighted by molar-refractivity contribution is -0.143. The molecule has 0 aliphatic rings. The van der Waals surface area contributed by atoms with Gasteiger partial charge in [-0.15, -0.1) is 0 Å². The first-order valence-electron chi connectivity index (χ1n) is 4.14. The van der Waals surface area contributed by atoms with E-state index in [9.17, 15) is 9.59 Å². The summed E-state index contributed by atoms with van der Waals surface area (Å²) in [5.41, 5.74) is 0. The Balaban J connectivity index is 3.74. The molecule has 6 nitrogen and oxygen atoms in total. The second kappa shape index (κ2) is 7.28.